The molecule has 0 aliphatic heterocycles. The minimum Gasteiger partial charge on any atom is -0.317 e. The molecule has 0 bridgehead atoms. The minimum absolute atomic E-state index is 0.315. The molecule has 102 valence electrons. The number of rotatable bonds is 6. The molecular formula is C14H25N3S. The van der Waals surface area contributed by atoms with Gasteiger partial charge in [0.25, 0.3) is 0 Å². The van der Waals surface area contributed by atoms with E-state index in [0.29, 0.717) is 5.41 Å². The summed E-state index contributed by atoms with van der Waals surface area (Å²) in [5, 5.41) is 14.7. The van der Waals surface area contributed by atoms with E-state index in [2.05, 4.69) is 29.4 Å². The molecule has 0 saturated heterocycles. The Labute approximate surface area is 114 Å². The number of aromatic nitrogens is 2. The van der Waals surface area contributed by atoms with Crippen LogP contribution in [0.1, 0.15) is 62.4 Å². The zero-order valence-corrected chi connectivity index (χ0v) is 12.5. The highest BCUT2D eigenvalue weighted by atomic mass is 32.1. The molecule has 0 unspecified atom stereocenters. The van der Waals surface area contributed by atoms with E-state index in [9.17, 15) is 0 Å². The third kappa shape index (κ3) is 3.51. The number of nitrogens with one attached hydrogen (secondary N) is 1. The number of hydrogen-bond acceptors (Lipinski definition) is 4. The second-order valence-corrected chi connectivity index (χ2v) is 6.64. The van der Waals surface area contributed by atoms with Crippen molar-refractivity contribution in [1.82, 2.24) is 15.5 Å². The molecule has 0 radical (unpaired) electrons. The molecule has 1 aromatic rings. The molecule has 1 heterocycles. The predicted molar refractivity (Wildman–Crippen MR) is 77.2 cm³/mol. The van der Waals surface area contributed by atoms with Crippen LogP contribution >= 0.6 is 11.3 Å². The van der Waals surface area contributed by atoms with Crippen LogP contribution in [0, 0.1) is 0 Å². The fourth-order valence-corrected chi connectivity index (χ4v) is 3.77. The Balaban J connectivity index is 1.88. The molecule has 1 aliphatic rings. The highest BCUT2D eigenvalue weighted by Crippen LogP contribution is 2.40. The Bertz CT molecular complexity index is 356. The average Bonchev–Trinajstić information content (AvgIpc) is 2.85. The van der Waals surface area contributed by atoms with Crippen molar-refractivity contribution in [3.63, 3.8) is 0 Å². The normalized spacial score (nSPS) is 19.0. The zero-order chi connectivity index (χ0) is 12.8. The van der Waals surface area contributed by atoms with Crippen LogP contribution in [0.4, 0.5) is 0 Å². The molecule has 0 atom stereocenters. The van der Waals surface area contributed by atoms with Gasteiger partial charge in [-0.1, -0.05) is 33.1 Å². The lowest BCUT2D eigenvalue weighted by molar-refractivity contribution is 0.317. The van der Waals surface area contributed by atoms with Gasteiger partial charge in [-0.25, -0.2) is 0 Å². The van der Waals surface area contributed by atoms with Crippen LogP contribution in [-0.2, 0) is 11.8 Å². The lowest BCUT2D eigenvalue weighted by Gasteiger charge is -2.30. The molecule has 0 aromatic carbocycles. The molecule has 1 aliphatic carbocycles. The average molecular weight is 267 g/mol. The summed E-state index contributed by atoms with van der Waals surface area (Å²) in [7, 11) is 0. The molecule has 1 saturated carbocycles. The van der Waals surface area contributed by atoms with E-state index in [1.807, 2.05) is 11.3 Å². The van der Waals surface area contributed by atoms with Crippen molar-refractivity contribution in [1.29, 1.82) is 0 Å². The fourth-order valence-electron chi connectivity index (χ4n) is 2.69. The Morgan fingerprint density at radius 2 is 2.00 bits per heavy atom. The van der Waals surface area contributed by atoms with Gasteiger partial charge in [0.2, 0.25) is 0 Å². The van der Waals surface area contributed by atoms with E-state index in [1.54, 1.807) is 0 Å². The van der Waals surface area contributed by atoms with Crippen molar-refractivity contribution in [2.45, 2.75) is 64.2 Å². The monoisotopic (exact) mass is 267 g/mol. The van der Waals surface area contributed by atoms with Gasteiger partial charge >= 0.3 is 0 Å². The zero-order valence-electron chi connectivity index (χ0n) is 11.7. The van der Waals surface area contributed by atoms with Crippen LogP contribution in [0.3, 0.4) is 0 Å². The molecule has 1 fully saturated rings. The fraction of sp³-hybridized carbons (Fsp3) is 0.857. The van der Waals surface area contributed by atoms with Gasteiger partial charge in [0.05, 0.1) is 0 Å². The second kappa shape index (κ2) is 6.62. The molecule has 0 amide bonds. The quantitative estimate of drug-likeness (QED) is 0.804. The highest BCUT2D eigenvalue weighted by Gasteiger charge is 2.32. The minimum atomic E-state index is 0.315. The Morgan fingerprint density at radius 3 is 2.72 bits per heavy atom. The molecule has 18 heavy (non-hydrogen) atoms. The van der Waals surface area contributed by atoms with E-state index in [0.717, 1.165) is 19.5 Å². The van der Waals surface area contributed by atoms with Crippen molar-refractivity contribution in [3.8, 4) is 0 Å². The van der Waals surface area contributed by atoms with Crippen LogP contribution < -0.4 is 5.32 Å². The van der Waals surface area contributed by atoms with Crippen molar-refractivity contribution < 1.29 is 0 Å². The smallest absolute Gasteiger partial charge is 0.123 e. The third-order valence-corrected chi connectivity index (χ3v) is 5.22. The maximum atomic E-state index is 4.46. The summed E-state index contributed by atoms with van der Waals surface area (Å²) in [6.45, 7) is 6.66. The molecule has 0 spiro atoms. The summed E-state index contributed by atoms with van der Waals surface area (Å²) in [4.78, 5) is 0. The summed E-state index contributed by atoms with van der Waals surface area (Å²) in [5.74, 6) is 0. The SMILES string of the molecule is CCNCCCc1nnc(C2(C)CCCCC2)s1. The molecule has 2 rings (SSSR count). The van der Waals surface area contributed by atoms with Crippen LogP contribution in [0.5, 0.6) is 0 Å². The van der Waals surface area contributed by atoms with E-state index in [-0.39, 0.29) is 0 Å². The molecule has 3 nitrogen and oxygen atoms in total. The lowest BCUT2D eigenvalue weighted by Crippen LogP contribution is -2.24. The van der Waals surface area contributed by atoms with Gasteiger partial charge in [0.1, 0.15) is 10.0 Å². The number of hydrogen-bond donors (Lipinski definition) is 1. The first kappa shape index (κ1) is 13.9. The van der Waals surface area contributed by atoms with Crippen molar-refractivity contribution in [2.75, 3.05) is 13.1 Å². The maximum Gasteiger partial charge on any atom is 0.123 e. The van der Waals surface area contributed by atoms with Crippen LogP contribution in [-0.4, -0.2) is 23.3 Å². The number of aryl methyl sites for hydroxylation is 1. The summed E-state index contributed by atoms with van der Waals surface area (Å²) in [6, 6.07) is 0. The van der Waals surface area contributed by atoms with Crippen LogP contribution in [0.15, 0.2) is 0 Å². The summed E-state index contributed by atoms with van der Waals surface area (Å²) in [6.07, 6.45) is 8.92. The van der Waals surface area contributed by atoms with E-state index < -0.39 is 0 Å². The highest BCUT2D eigenvalue weighted by molar-refractivity contribution is 7.11. The summed E-state index contributed by atoms with van der Waals surface area (Å²) in [5.41, 5.74) is 0.315. The van der Waals surface area contributed by atoms with Crippen molar-refractivity contribution >= 4 is 11.3 Å². The summed E-state index contributed by atoms with van der Waals surface area (Å²) < 4.78 is 0. The predicted octanol–water partition coefficient (Wildman–Crippen LogP) is 3.30. The standard InChI is InChI=1S/C14H25N3S/c1-3-15-11-7-8-12-16-17-13(18-12)14(2)9-5-4-6-10-14/h15H,3-11H2,1-2H3. The van der Waals surface area contributed by atoms with Crippen LogP contribution in [0.25, 0.3) is 0 Å². The van der Waals surface area contributed by atoms with E-state index in [1.165, 1.54) is 48.5 Å². The van der Waals surface area contributed by atoms with Gasteiger partial charge in [0.15, 0.2) is 0 Å². The van der Waals surface area contributed by atoms with E-state index >= 15 is 0 Å². The Hall–Kier alpha value is -0.480. The number of nitrogens with zero attached hydrogens (tertiary/aromatic N) is 2. The Morgan fingerprint density at radius 1 is 1.22 bits per heavy atom. The van der Waals surface area contributed by atoms with Crippen LogP contribution in [0.2, 0.25) is 0 Å². The first-order chi connectivity index (χ1) is 8.74. The van der Waals surface area contributed by atoms with Gasteiger partial charge in [-0.2, -0.15) is 0 Å². The van der Waals surface area contributed by atoms with Gasteiger partial charge in [-0.05, 0) is 32.4 Å². The Kier molecular flexibility index (Phi) is 5.13. The lowest BCUT2D eigenvalue weighted by atomic mass is 9.76. The summed E-state index contributed by atoms with van der Waals surface area (Å²) >= 11 is 1.85. The molecule has 1 N–H and O–H groups in total. The van der Waals surface area contributed by atoms with Gasteiger partial charge in [-0.3, -0.25) is 0 Å². The molecule has 4 heteroatoms. The topological polar surface area (TPSA) is 37.8 Å². The maximum absolute atomic E-state index is 4.46. The van der Waals surface area contributed by atoms with Crippen molar-refractivity contribution in [2.24, 2.45) is 0 Å². The van der Waals surface area contributed by atoms with E-state index in [4.69, 9.17) is 0 Å². The third-order valence-electron chi connectivity index (χ3n) is 3.93. The van der Waals surface area contributed by atoms with Gasteiger partial charge in [0, 0.05) is 11.8 Å². The first-order valence-corrected chi connectivity index (χ1v) is 8.10. The largest absolute Gasteiger partial charge is 0.317 e. The van der Waals surface area contributed by atoms with Gasteiger partial charge in [-0.15, -0.1) is 21.5 Å². The molecular weight excluding hydrogens is 242 g/mol. The van der Waals surface area contributed by atoms with Gasteiger partial charge < -0.3 is 5.32 Å². The second-order valence-electron chi connectivity index (χ2n) is 5.58. The first-order valence-electron chi connectivity index (χ1n) is 7.28. The molecule has 1 aromatic heterocycles. The van der Waals surface area contributed by atoms with Crippen molar-refractivity contribution in [3.05, 3.63) is 10.0 Å².